The zero-order chi connectivity index (χ0) is 14.8. The summed E-state index contributed by atoms with van der Waals surface area (Å²) in [5.74, 6) is 1.61. The van der Waals surface area contributed by atoms with E-state index in [1.165, 1.54) is 19.3 Å². The number of hydrogen-bond donors (Lipinski definition) is 1. The van der Waals surface area contributed by atoms with Crippen molar-refractivity contribution in [2.45, 2.75) is 52.0 Å². The quantitative estimate of drug-likeness (QED) is 0.678. The van der Waals surface area contributed by atoms with Crippen LogP contribution in [0.1, 0.15) is 50.6 Å². The molecule has 1 heterocycles. The highest BCUT2D eigenvalue weighted by molar-refractivity contribution is 5.74. The first-order valence-corrected chi connectivity index (χ1v) is 7.80. The van der Waals surface area contributed by atoms with Gasteiger partial charge >= 0.3 is 0 Å². The molecule has 21 heavy (non-hydrogen) atoms. The van der Waals surface area contributed by atoms with Crippen LogP contribution in [0.4, 0.5) is 5.69 Å². The Balaban J connectivity index is 1.97. The third-order valence-electron chi connectivity index (χ3n) is 4.59. The lowest BCUT2D eigenvalue weighted by Crippen LogP contribution is -2.13. The molecule has 1 aliphatic carbocycles. The number of nitrogens with two attached hydrogens (primary N) is 1. The van der Waals surface area contributed by atoms with Gasteiger partial charge in [0.25, 0.3) is 0 Å². The molecule has 5 heteroatoms. The number of aryl methyl sites for hydroxylation is 1. The minimum absolute atomic E-state index is 0.388. The van der Waals surface area contributed by atoms with E-state index in [9.17, 15) is 0 Å². The van der Waals surface area contributed by atoms with Gasteiger partial charge in [0.05, 0.1) is 6.04 Å². The summed E-state index contributed by atoms with van der Waals surface area (Å²) < 4.78 is 2.00. The van der Waals surface area contributed by atoms with Gasteiger partial charge in [-0.05, 0) is 54.2 Å². The van der Waals surface area contributed by atoms with Crippen molar-refractivity contribution in [3.05, 3.63) is 23.8 Å². The van der Waals surface area contributed by atoms with Gasteiger partial charge in [0.15, 0.2) is 5.82 Å². The van der Waals surface area contributed by atoms with E-state index in [1.807, 2.05) is 16.8 Å². The number of benzene rings is 1. The second kappa shape index (κ2) is 5.84. The van der Waals surface area contributed by atoms with E-state index in [-0.39, 0.29) is 0 Å². The highest BCUT2D eigenvalue weighted by Crippen LogP contribution is 2.34. The number of rotatable bonds is 2. The topological polar surface area (TPSA) is 69.6 Å². The number of aromatic nitrogens is 4. The number of hydrogen-bond acceptors (Lipinski definition) is 4. The van der Waals surface area contributed by atoms with Gasteiger partial charge in [-0.25, -0.2) is 4.68 Å². The zero-order valence-electron chi connectivity index (χ0n) is 12.8. The molecular formula is C16H23N5. The predicted molar refractivity (Wildman–Crippen MR) is 83.7 cm³/mol. The molecular weight excluding hydrogens is 262 g/mol. The van der Waals surface area contributed by atoms with Gasteiger partial charge in [0.1, 0.15) is 0 Å². The first-order valence-electron chi connectivity index (χ1n) is 7.80. The fourth-order valence-electron chi connectivity index (χ4n) is 3.31. The molecule has 0 amide bonds. The fourth-order valence-corrected chi connectivity index (χ4v) is 3.31. The standard InChI is InChI=1S/C16H23N5/c1-11-5-3-7-13(10-9-11)21-16(18-19-20-21)15-12(2)6-4-8-14(15)17/h4,6,8,11,13H,3,5,7,9-10,17H2,1-2H3. The molecule has 0 aliphatic heterocycles. The normalized spacial score (nSPS) is 23.0. The van der Waals surface area contributed by atoms with Crippen molar-refractivity contribution in [3.8, 4) is 11.4 Å². The van der Waals surface area contributed by atoms with Crippen molar-refractivity contribution in [3.63, 3.8) is 0 Å². The van der Waals surface area contributed by atoms with Crippen molar-refractivity contribution < 1.29 is 0 Å². The Kier molecular flexibility index (Phi) is 3.90. The molecule has 2 N–H and O–H groups in total. The van der Waals surface area contributed by atoms with Crippen LogP contribution >= 0.6 is 0 Å². The second-order valence-electron chi connectivity index (χ2n) is 6.25. The third-order valence-corrected chi connectivity index (χ3v) is 4.59. The van der Waals surface area contributed by atoms with Crippen LogP contribution in [0.2, 0.25) is 0 Å². The van der Waals surface area contributed by atoms with E-state index < -0.39 is 0 Å². The van der Waals surface area contributed by atoms with Crippen LogP contribution in [0, 0.1) is 12.8 Å². The molecule has 2 unspecified atom stereocenters. The van der Waals surface area contributed by atoms with E-state index in [2.05, 4.69) is 35.4 Å². The van der Waals surface area contributed by atoms with Crippen LogP contribution in [-0.4, -0.2) is 20.2 Å². The van der Waals surface area contributed by atoms with E-state index in [0.29, 0.717) is 6.04 Å². The summed E-state index contributed by atoms with van der Waals surface area (Å²) in [7, 11) is 0. The first-order chi connectivity index (χ1) is 10.2. The average Bonchev–Trinajstić information content (AvgIpc) is 2.81. The molecule has 1 fully saturated rings. The Bertz CT molecular complexity index is 599. The fraction of sp³-hybridized carbons (Fsp3) is 0.562. The summed E-state index contributed by atoms with van der Waals surface area (Å²) >= 11 is 0. The maximum Gasteiger partial charge on any atom is 0.184 e. The maximum absolute atomic E-state index is 6.16. The van der Waals surface area contributed by atoms with Crippen molar-refractivity contribution >= 4 is 5.69 Å². The monoisotopic (exact) mass is 285 g/mol. The van der Waals surface area contributed by atoms with E-state index in [4.69, 9.17) is 5.73 Å². The summed E-state index contributed by atoms with van der Waals surface area (Å²) in [6.45, 7) is 4.39. The molecule has 1 aliphatic rings. The van der Waals surface area contributed by atoms with Crippen molar-refractivity contribution in [1.29, 1.82) is 0 Å². The molecule has 1 aromatic heterocycles. The van der Waals surface area contributed by atoms with Gasteiger partial charge in [0.2, 0.25) is 0 Å². The van der Waals surface area contributed by atoms with Crippen LogP contribution in [0.3, 0.4) is 0 Å². The molecule has 112 valence electrons. The summed E-state index contributed by atoms with van der Waals surface area (Å²) in [4.78, 5) is 0. The zero-order valence-corrected chi connectivity index (χ0v) is 12.8. The SMILES string of the molecule is Cc1cccc(N)c1-c1nnnn1C1CCCC(C)CC1. The highest BCUT2D eigenvalue weighted by atomic mass is 15.5. The molecule has 0 saturated heterocycles. The summed E-state index contributed by atoms with van der Waals surface area (Å²) in [5.41, 5.74) is 8.99. The molecule has 0 bridgehead atoms. The van der Waals surface area contributed by atoms with Crippen molar-refractivity contribution in [2.24, 2.45) is 5.92 Å². The van der Waals surface area contributed by atoms with Gasteiger partial charge in [-0.15, -0.1) is 5.10 Å². The third kappa shape index (κ3) is 2.77. The summed E-state index contributed by atoms with van der Waals surface area (Å²) in [5, 5.41) is 12.4. The lowest BCUT2D eigenvalue weighted by atomic mass is 10.0. The van der Waals surface area contributed by atoms with E-state index in [0.717, 1.165) is 41.4 Å². The number of nitrogens with zero attached hydrogens (tertiary/aromatic N) is 4. The smallest absolute Gasteiger partial charge is 0.184 e. The number of tetrazole rings is 1. The average molecular weight is 285 g/mol. The molecule has 0 spiro atoms. The largest absolute Gasteiger partial charge is 0.398 e. The van der Waals surface area contributed by atoms with Gasteiger partial charge in [0, 0.05) is 11.3 Å². The molecule has 5 nitrogen and oxygen atoms in total. The highest BCUT2D eigenvalue weighted by Gasteiger charge is 2.23. The van der Waals surface area contributed by atoms with Crippen LogP contribution in [0.5, 0.6) is 0 Å². The lowest BCUT2D eigenvalue weighted by molar-refractivity contribution is 0.394. The molecule has 2 atom stereocenters. The lowest BCUT2D eigenvalue weighted by Gasteiger charge is -2.17. The van der Waals surface area contributed by atoms with Gasteiger partial charge < -0.3 is 5.73 Å². The van der Waals surface area contributed by atoms with Gasteiger partial charge in [-0.3, -0.25) is 0 Å². The van der Waals surface area contributed by atoms with Crippen LogP contribution in [0.25, 0.3) is 11.4 Å². The molecule has 0 radical (unpaired) electrons. The van der Waals surface area contributed by atoms with Crippen molar-refractivity contribution in [1.82, 2.24) is 20.2 Å². The Hall–Kier alpha value is -1.91. The minimum Gasteiger partial charge on any atom is -0.398 e. The minimum atomic E-state index is 0.388. The Morgan fingerprint density at radius 1 is 1.19 bits per heavy atom. The molecule has 1 saturated carbocycles. The molecule has 2 aromatic rings. The number of anilines is 1. The first kappa shape index (κ1) is 14.0. The molecule has 1 aromatic carbocycles. The Morgan fingerprint density at radius 3 is 2.86 bits per heavy atom. The van der Waals surface area contributed by atoms with Crippen molar-refractivity contribution in [2.75, 3.05) is 5.73 Å². The maximum atomic E-state index is 6.16. The Labute approximate surface area is 125 Å². The van der Waals surface area contributed by atoms with Gasteiger partial charge in [-0.2, -0.15) is 0 Å². The summed E-state index contributed by atoms with van der Waals surface area (Å²) in [6, 6.07) is 6.32. The Morgan fingerprint density at radius 2 is 2.05 bits per heavy atom. The second-order valence-corrected chi connectivity index (χ2v) is 6.25. The van der Waals surface area contributed by atoms with Crippen LogP contribution in [-0.2, 0) is 0 Å². The number of nitrogen functional groups attached to an aromatic ring is 1. The van der Waals surface area contributed by atoms with E-state index >= 15 is 0 Å². The van der Waals surface area contributed by atoms with Crippen LogP contribution in [0.15, 0.2) is 18.2 Å². The van der Waals surface area contributed by atoms with Gasteiger partial charge in [-0.1, -0.05) is 31.9 Å². The predicted octanol–water partition coefficient (Wildman–Crippen LogP) is 3.37. The van der Waals surface area contributed by atoms with Crippen LogP contribution < -0.4 is 5.73 Å². The molecule has 3 rings (SSSR count). The summed E-state index contributed by atoms with van der Waals surface area (Å²) in [6.07, 6.45) is 6.08. The van der Waals surface area contributed by atoms with E-state index in [1.54, 1.807) is 0 Å².